The van der Waals surface area contributed by atoms with Gasteiger partial charge in [-0.1, -0.05) is 6.58 Å². The summed E-state index contributed by atoms with van der Waals surface area (Å²) in [6, 6.07) is 1.72. The lowest BCUT2D eigenvalue weighted by molar-refractivity contribution is 0.426. The van der Waals surface area contributed by atoms with E-state index in [1.54, 1.807) is 12.3 Å². The number of nitrogen functional groups attached to an aromatic ring is 1. The normalized spacial score (nSPS) is 12.2. The number of hydrogen-bond donors (Lipinski definition) is 2. The van der Waals surface area contributed by atoms with E-state index in [-0.39, 0.29) is 5.83 Å². The first-order valence-electron chi connectivity index (χ1n) is 5.34. The lowest BCUT2D eigenvalue weighted by Gasteiger charge is -2.08. The molecule has 1 heterocycles. The van der Waals surface area contributed by atoms with E-state index in [0.29, 0.717) is 17.3 Å². The molecule has 1 aromatic heterocycles. The highest BCUT2D eigenvalue weighted by Gasteiger charge is 2.02. The quantitative estimate of drug-likeness (QED) is 0.364. The Balaban J connectivity index is 2.89. The van der Waals surface area contributed by atoms with Gasteiger partial charge in [0.1, 0.15) is 5.76 Å². The van der Waals surface area contributed by atoms with E-state index < -0.39 is 0 Å². The van der Waals surface area contributed by atoms with Crippen molar-refractivity contribution < 1.29 is 9.13 Å². The summed E-state index contributed by atoms with van der Waals surface area (Å²) in [6.45, 7) is 6.80. The molecular formula is C13H16FN3O. The second-order valence-electron chi connectivity index (χ2n) is 3.61. The molecule has 4 nitrogen and oxygen atoms in total. The summed E-state index contributed by atoms with van der Waals surface area (Å²) in [5.41, 5.74) is 4.12. The van der Waals surface area contributed by atoms with Crippen molar-refractivity contribution in [2.24, 2.45) is 5.84 Å². The summed E-state index contributed by atoms with van der Waals surface area (Å²) in [5.74, 6) is 5.79. The number of nitrogens with one attached hydrogen (secondary N) is 1. The van der Waals surface area contributed by atoms with Crippen molar-refractivity contribution >= 4 is 5.69 Å². The highest BCUT2D eigenvalue weighted by Crippen LogP contribution is 2.19. The van der Waals surface area contributed by atoms with Crippen LogP contribution in [0, 0.1) is 6.92 Å². The number of ether oxygens (including phenoxy) is 1. The van der Waals surface area contributed by atoms with Gasteiger partial charge in [-0.05, 0) is 37.6 Å². The number of nitrogens with zero attached hydrogens (tertiary/aromatic N) is 1. The third-order valence-electron chi connectivity index (χ3n) is 2.14. The Kier molecular flexibility index (Phi) is 5.07. The van der Waals surface area contributed by atoms with Crippen molar-refractivity contribution in [3.05, 3.63) is 54.2 Å². The fraction of sp³-hybridized carbons (Fsp3) is 0.154. The van der Waals surface area contributed by atoms with Crippen LogP contribution in [0.15, 0.2) is 48.7 Å². The Morgan fingerprint density at radius 3 is 2.78 bits per heavy atom. The zero-order chi connectivity index (χ0) is 13.5. The van der Waals surface area contributed by atoms with E-state index in [1.165, 1.54) is 25.2 Å². The van der Waals surface area contributed by atoms with Crippen LogP contribution in [0.5, 0.6) is 5.88 Å². The number of nitrogens with two attached hydrogens (primary N) is 1. The third-order valence-corrected chi connectivity index (χ3v) is 2.14. The van der Waals surface area contributed by atoms with Crippen molar-refractivity contribution in [2.45, 2.75) is 13.8 Å². The number of halogens is 1. The number of hydrogen-bond acceptors (Lipinski definition) is 4. The number of allylic oxidation sites excluding steroid dienone is 4. The largest absolute Gasteiger partial charge is 0.439 e. The van der Waals surface area contributed by atoms with Gasteiger partial charge in [-0.25, -0.2) is 9.37 Å². The Morgan fingerprint density at radius 2 is 2.28 bits per heavy atom. The van der Waals surface area contributed by atoms with Gasteiger partial charge in [-0.15, -0.1) is 0 Å². The van der Waals surface area contributed by atoms with Crippen LogP contribution in [-0.4, -0.2) is 4.98 Å². The average Bonchev–Trinajstić information content (AvgIpc) is 2.34. The standard InChI is InChI=1S/C13H16FN3O/c1-4-11(6-5-10(3)14)18-13-7-9(2)12(17-15)8-16-13/h4-8,17H,1,15H2,2-3H3/b10-5+,11-6+. The summed E-state index contributed by atoms with van der Waals surface area (Å²) in [6.07, 6.45) is 5.81. The molecule has 0 unspecified atom stereocenters. The predicted molar refractivity (Wildman–Crippen MR) is 70.6 cm³/mol. The van der Waals surface area contributed by atoms with Crippen LogP contribution in [0.2, 0.25) is 0 Å². The second-order valence-corrected chi connectivity index (χ2v) is 3.61. The van der Waals surface area contributed by atoms with E-state index in [0.717, 1.165) is 5.56 Å². The molecule has 0 bridgehead atoms. The Hall–Kier alpha value is -2.14. The molecular weight excluding hydrogens is 233 g/mol. The van der Waals surface area contributed by atoms with E-state index in [2.05, 4.69) is 17.0 Å². The Morgan fingerprint density at radius 1 is 1.56 bits per heavy atom. The molecule has 0 spiro atoms. The van der Waals surface area contributed by atoms with E-state index in [9.17, 15) is 4.39 Å². The molecule has 1 aromatic rings. The molecule has 0 amide bonds. The maximum atomic E-state index is 12.6. The number of anilines is 1. The fourth-order valence-corrected chi connectivity index (χ4v) is 1.20. The van der Waals surface area contributed by atoms with Crippen molar-refractivity contribution in [1.29, 1.82) is 0 Å². The minimum Gasteiger partial charge on any atom is -0.439 e. The maximum Gasteiger partial charge on any atom is 0.219 e. The number of aryl methyl sites for hydroxylation is 1. The van der Waals surface area contributed by atoms with Crippen LogP contribution in [0.3, 0.4) is 0 Å². The van der Waals surface area contributed by atoms with Gasteiger partial charge in [0.2, 0.25) is 5.88 Å². The van der Waals surface area contributed by atoms with Crippen LogP contribution >= 0.6 is 0 Å². The summed E-state index contributed by atoms with van der Waals surface area (Å²) in [4.78, 5) is 4.06. The molecule has 5 heteroatoms. The molecule has 96 valence electrons. The van der Waals surface area contributed by atoms with Crippen LogP contribution in [0.4, 0.5) is 10.1 Å². The van der Waals surface area contributed by atoms with Gasteiger partial charge >= 0.3 is 0 Å². The van der Waals surface area contributed by atoms with E-state index in [4.69, 9.17) is 10.6 Å². The third kappa shape index (κ3) is 4.03. The smallest absolute Gasteiger partial charge is 0.219 e. The molecule has 0 radical (unpaired) electrons. The number of hydrazine groups is 1. The van der Waals surface area contributed by atoms with Crippen LogP contribution < -0.4 is 16.0 Å². The Bertz CT molecular complexity index is 491. The van der Waals surface area contributed by atoms with Crippen molar-refractivity contribution in [1.82, 2.24) is 4.98 Å². The zero-order valence-corrected chi connectivity index (χ0v) is 10.4. The van der Waals surface area contributed by atoms with Gasteiger partial charge in [0.15, 0.2) is 0 Å². The summed E-state index contributed by atoms with van der Waals surface area (Å²) in [7, 11) is 0. The van der Waals surface area contributed by atoms with Gasteiger partial charge in [0, 0.05) is 6.07 Å². The first-order chi connectivity index (χ1) is 8.56. The maximum absolute atomic E-state index is 12.6. The monoisotopic (exact) mass is 249 g/mol. The second kappa shape index (κ2) is 6.56. The topological polar surface area (TPSA) is 60.2 Å². The number of pyridine rings is 1. The van der Waals surface area contributed by atoms with Crippen LogP contribution in [-0.2, 0) is 0 Å². The van der Waals surface area contributed by atoms with Gasteiger partial charge in [-0.3, -0.25) is 5.84 Å². The SMILES string of the molecule is C=C/C(=C\C=C(/C)F)Oc1cc(C)c(NN)cn1. The van der Waals surface area contributed by atoms with Gasteiger partial charge in [0.25, 0.3) is 0 Å². The zero-order valence-electron chi connectivity index (χ0n) is 10.4. The summed E-state index contributed by atoms with van der Waals surface area (Å²) >= 11 is 0. The van der Waals surface area contributed by atoms with E-state index in [1.807, 2.05) is 6.92 Å². The molecule has 0 aliphatic rings. The van der Waals surface area contributed by atoms with Crippen LogP contribution in [0.1, 0.15) is 12.5 Å². The lowest BCUT2D eigenvalue weighted by Crippen LogP contribution is -2.08. The molecule has 0 fully saturated rings. The van der Waals surface area contributed by atoms with Crippen molar-refractivity contribution in [3.8, 4) is 5.88 Å². The van der Waals surface area contributed by atoms with Crippen LogP contribution in [0.25, 0.3) is 0 Å². The minimum absolute atomic E-state index is 0.315. The molecule has 0 aliphatic carbocycles. The number of aromatic nitrogens is 1. The summed E-state index contributed by atoms with van der Waals surface area (Å²) in [5, 5.41) is 0. The predicted octanol–water partition coefficient (Wildman–Crippen LogP) is 3.00. The first-order valence-corrected chi connectivity index (χ1v) is 5.34. The molecule has 0 aliphatic heterocycles. The van der Waals surface area contributed by atoms with Crippen molar-refractivity contribution in [2.75, 3.05) is 5.43 Å². The average molecular weight is 249 g/mol. The Labute approximate surface area is 106 Å². The highest BCUT2D eigenvalue weighted by atomic mass is 19.1. The fourth-order valence-electron chi connectivity index (χ4n) is 1.20. The molecule has 18 heavy (non-hydrogen) atoms. The van der Waals surface area contributed by atoms with E-state index >= 15 is 0 Å². The first kappa shape index (κ1) is 13.9. The molecule has 0 saturated heterocycles. The number of rotatable bonds is 5. The molecule has 0 atom stereocenters. The summed E-state index contributed by atoms with van der Waals surface area (Å²) < 4.78 is 18.0. The lowest BCUT2D eigenvalue weighted by atomic mass is 10.2. The van der Waals surface area contributed by atoms with Gasteiger partial charge < -0.3 is 10.2 Å². The minimum atomic E-state index is -0.315. The van der Waals surface area contributed by atoms with Gasteiger partial charge in [0.05, 0.1) is 17.7 Å². The molecule has 0 saturated carbocycles. The van der Waals surface area contributed by atoms with Crippen molar-refractivity contribution in [3.63, 3.8) is 0 Å². The van der Waals surface area contributed by atoms with Gasteiger partial charge in [-0.2, -0.15) is 0 Å². The molecule has 0 aromatic carbocycles. The highest BCUT2D eigenvalue weighted by molar-refractivity contribution is 5.49. The molecule has 3 N–H and O–H groups in total. The molecule has 1 rings (SSSR count).